The van der Waals surface area contributed by atoms with Gasteiger partial charge in [0.25, 0.3) is 5.91 Å². The lowest BCUT2D eigenvalue weighted by atomic mass is 10.0. The number of rotatable bonds is 4. The third kappa shape index (κ3) is 3.75. The Hall–Kier alpha value is -1.96. The highest BCUT2D eigenvalue weighted by atomic mass is 32.1. The number of benzene rings is 1. The van der Waals surface area contributed by atoms with Gasteiger partial charge in [0.05, 0.1) is 10.2 Å². The molecule has 7 heteroatoms. The molecule has 1 atom stereocenters. The van der Waals surface area contributed by atoms with Crippen molar-refractivity contribution in [3.05, 3.63) is 45.6 Å². The zero-order valence-corrected chi connectivity index (χ0v) is 16.3. The molecule has 136 valence electrons. The minimum Gasteiger partial charge on any atom is -0.375 e. The van der Waals surface area contributed by atoms with Crippen molar-refractivity contribution in [1.29, 1.82) is 0 Å². The number of carbonyl (C=O) groups excluding carboxylic acids is 1. The number of hydrogen-bond donors (Lipinski definition) is 2. The molecule has 4 rings (SSSR count). The molecule has 1 saturated heterocycles. The molecule has 2 aromatic heterocycles. The van der Waals surface area contributed by atoms with Gasteiger partial charge in [0.15, 0.2) is 5.13 Å². The summed E-state index contributed by atoms with van der Waals surface area (Å²) in [5.74, 6) is -0.00931. The SMILES string of the molecule is Cc1cc(C(=O)N[C@H]2CCCN(Cc3cccs3)C2)cc2sc(N)nc12. The average Bonchev–Trinajstić information content (AvgIpc) is 3.24. The molecular formula is C19H22N4OS2. The maximum absolute atomic E-state index is 12.8. The number of nitrogens with two attached hydrogens (primary N) is 1. The molecule has 1 fully saturated rings. The molecule has 1 aliphatic heterocycles. The predicted octanol–water partition coefficient (Wildman–Crippen LogP) is 3.64. The topological polar surface area (TPSA) is 71.2 Å². The minimum absolute atomic E-state index is 0.00931. The number of piperidine rings is 1. The summed E-state index contributed by atoms with van der Waals surface area (Å²) in [5.41, 5.74) is 8.38. The first-order valence-electron chi connectivity index (χ1n) is 8.81. The third-order valence-electron chi connectivity index (χ3n) is 4.76. The Morgan fingerprint density at radius 3 is 3.15 bits per heavy atom. The summed E-state index contributed by atoms with van der Waals surface area (Å²) in [6.45, 7) is 4.94. The van der Waals surface area contributed by atoms with Crippen LogP contribution in [0, 0.1) is 6.92 Å². The highest BCUT2D eigenvalue weighted by molar-refractivity contribution is 7.22. The van der Waals surface area contributed by atoms with E-state index in [0.717, 1.165) is 48.3 Å². The molecule has 0 aliphatic carbocycles. The van der Waals surface area contributed by atoms with E-state index in [1.54, 1.807) is 11.3 Å². The number of nitrogens with zero attached hydrogens (tertiary/aromatic N) is 2. The van der Waals surface area contributed by atoms with Crippen LogP contribution >= 0.6 is 22.7 Å². The van der Waals surface area contributed by atoms with E-state index in [1.165, 1.54) is 16.2 Å². The first-order valence-corrected chi connectivity index (χ1v) is 10.5. The Morgan fingerprint density at radius 2 is 2.35 bits per heavy atom. The van der Waals surface area contributed by atoms with Crippen LogP contribution in [0.1, 0.15) is 33.6 Å². The number of amides is 1. The summed E-state index contributed by atoms with van der Waals surface area (Å²) in [7, 11) is 0. The van der Waals surface area contributed by atoms with Gasteiger partial charge in [-0.25, -0.2) is 4.98 Å². The zero-order chi connectivity index (χ0) is 18.1. The lowest BCUT2D eigenvalue weighted by molar-refractivity contribution is 0.0901. The second-order valence-electron chi connectivity index (χ2n) is 6.82. The fourth-order valence-electron chi connectivity index (χ4n) is 3.55. The number of fused-ring (bicyclic) bond motifs is 1. The molecule has 0 spiro atoms. The van der Waals surface area contributed by atoms with Crippen molar-refractivity contribution in [2.45, 2.75) is 32.4 Å². The summed E-state index contributed by atoms with van der Waals surface area (Å²) in [6.07, 6.45) is 2.14. The van der Waals surface area contributed by atoms with Crippen LogP contribution in [-0.4, -0.2) is 34.9 Å². The number of anilines is 1. The van der Waals surface area contributed by atoms with Gasteiger partial charge in [-0.05, 0) is 55.5 Å². The van der Waals surface area contributed by atoms with Crippen molar-refractivity contribution in [2.75, 3.05) is 18.8 Å². The van der Waals surface area contributed by atoms with Crippen LogP contribution in [0.3, 0.4) is 0 Å². The smallest absolute Gasteiger partial charge is 0.251 e. The Morgan fingerprint density at radius 1 is 1.46 bits per heavy atom. The van der Waals surface area contributed by atoms with Crippen LogP contribution < -0.4 is 11.1 Å². The molecule has 26 heavy (non-hydrogen) atoms. The summed E-state index contributed by atoms with van der Waals surface area (Å²) in [4.78, 5) is 20.9. The second-order valence-corrected chi connectivity index (χ2v) is 8.91. The number of nitrogen functional groups attached to an aromatic ring is 1. The number of thiazole rings is 1. The number of aromatic nitrogens is 1. The van der Waals surface area contributed by atoms with Crippen molar-refractivity contribution >= 4 is 43.9 Å². The van der Waals surface area contributed by atoms with Crippen LogP contribution in [0.15, 0.2) is 29.6 Å². The summed E-state index contributed by atoms with van der Waals surface area (Å²) >= 11 is 3.22. The first kappa shape index (κ1) is 17.5. The number of likely N-dealkylation sites (tertiary alicyclic amines) is 1. The first-order chi connectivity index (χ1) is 12.6. The van der Waals surface area contributed by atoms with Crippen LogP contribution in [0.5, 0.6) is 0 Å². The number of hydrogen-bond acceptors (Lipinski definition) is 6. The van der Waals surface area contributed by atoms with E-state index in [9.17, 15) is 4.79 Å². The molecule has 1 aromatic carbocycles. The molecule has 3 heterocycles. The van der Waals surface area contributed by atoms with E-state index >= 15 is 0 Å². The van der Waals surface area contributed by atoms with E-state index in [0.29, 0.717) is 10.7 Å². The molecule has 3 N–H and O–H groups in total. The van der Waals surface area contributed by atoms with Crippen molar-refractivity contribution in [2.24, 2.45) is 0 Å². The molecule has 5 nitrogen and oxygen atoms in total. The Balaban J connectivity index is 1.44. The highest BCUT2D eigenvalue weighted by Crippen LogP contribution is 2.28. The molecule has 0 bridgehead atoms. The van der Waals surface area contributed by atoms with Gasteiger partial charge in [-0.3, -0.25) is 9.69 Å². The maximum atomic E-state index is 12.8. The normalized spacial score (nSPS) is 18.3. The molecule has 1 aliphatic rings. The molecule has 0 saturated carbocycles. The summed E-state index contributed by atoms with van der Waals surface area (Å²) < 4.78 is 0.968. The minimum atomic E-state index is -0.00931. The van der Waals surface area contributed by atoms with Crippen LogP contribution in [0.4, 0.5) is 5.13 Å². The Labute approximate surface area is 160 Å². The molecule has 0 radical (unpaired) electrons. The van der Waals surface area contributed by atoms with E-state index in [-0.39, 0.29) is 11.9 Å². The van der Waals surface area contributed by atoms with E-state index < -0.39 is 0 Å². The molecular weight excluding hydrogens is 364 g/mol. The van der Waals surface area contributed by atoms with Gasteiger partial charge in [0.1, 0.15) is 0 Å². The van der Waals surface area contributed by atoms with Gasteiger partial charge in [0.2, 0.25) is 0 Å². The highest BCUT2D eigenvalue weighted by Gasteiger charge is 2.22. The van der Waals surface area contributed by atoms with E-state index in [1.807, 2.05) is 19.1 Å². The van der Waals surface area contributed by atoms with E-state index in [2.05, 4.69) is 32.7 Å². The monoisotopic (exact) mass is 386 g/mol. The Kier molecular flexibility index (Phi) is 4.93. The van der Waals surface area contributed by atoms with Crippen molar-refractivity contribution in [1.82, 2.24) is 15.2 Å². The van der Waals surface area contributed by atoms with Crippen molar-refractivity contribution < 1.29 is 4.79 Å². The fraction of sp³-hybridized carbons (Fsp3) is 0.368. The van der Waals surface area contributed by atoms with Crippen molar-refractivity contribution in [3.63, 3.8) is 0 Å². The zero-order valence-electron chi connectivity index (χ0n) is 14.7. The van der Waals surface area contributed by atoms with Crippen LogP contribution in [0.2, 0.25) is 0 Å². The number of nitrogens with one attached hydrogen (secondary N) is 1. The largest absolute Gasteiger partial charge is 0.375 e. The predicted molar refractivity (Wildman–Crippen MR) is 109 cm³/mol. The number of aryl methyl sites for hydroxylation is 1. The summed E-state index contributed by atoms with van der Waals surface area (Å²) in [6, 6.07) is 8.26. The molecule has 0 unspecified atom stereocenters. The Bertz CT molecular complexity index is 919. The number of carbonyl (C=O) groups is 1. The van der Waals surface area contributed by atoms with Crippen LogP contribution in [-0.2, 0) is 6.54 Å². The summed E-state index contributed by atoms with van der Waals surface area (Å²) in [5, 5.41) is 5.87. The van der Waals surface area contributed by atoms with E-state index in [4.69, 9.17) is 5.73 Å². The average molecular weight is 387 g/mol. The third-order valence-corrected chi connectivity index (χ3v) is 6.46. The van der Waals surface area contributed by atoms with Gasteiger partial charge >= 0.3 is 0 Å². The van der Waals surface area contributed by atoms with Crippen LogP contribution in [0.25, 0.3) is 10.2 Å². The standard InChI is InChI=1S/C19H22N4OS2/c1-12-8-13(9-16-17(12)22-19(20)26-16)18(24)21-14-4-2-6-23(10-14)11-15-5-3-7-25-15/h3,5,7-9,14H,2,4,6,10-11H2,1H3,(H2,20,22)(H,21,24)/t14-/m0/s1. The number of thiophene rings is 1. The molecule has 3 aromatic rings. The van der Waals surface area contributed by atoms with Crippen molar-refractivity contribution in [3.8, 4) is 0 Å². The lowest BCUT2D eigenvalue weighted by Gasteiger charge is -2.32. The van der Waals surface area contributed by atoms with Gasteiger partial charge < -0.3 is 11.1 Å². The maximum Gasteiger partial charge on any atom is 0.251 e. The van der Waals surface area contributed by atoms with Gasteiger partial charge in [-0.1, -0.05) is 17.4 Å². The second kappa shape index (κ2) is 7.34. The lowest BCUT2D eigenvalue weighted by Crippen LogP contribution is -2.47. The van der Waals surface area contributed by atoms with Gasteiger partial charge in [-0.2, -0.15) is 0 Å². The molecule has 1 amide bonds. The fourth-order valence-corrected chi connectivity index (χ4v) is 5.15. The quantitative estimate of drug-likeness (QED) is 0.718. The van der Waals surface area contributed by atoms with Gasteiger partial charge in [0, 0.05) is 29.6 Å². The van der Waals surface area contributed by atoms with Gasteiger partial charge in [-0.15, -0.1) is 11.3 Å².